The van der Waals surface area contributed by atoms with Crippen molar-refractivity contribution < 1.29 is 4.39 Å². The molecule has 3 nitrogen and oxygen atoms in total. The Labute approximate surface area is 116 Å². The maximum absolute atomic E-state index is 13.3. The minimum absolute atomic E-state index is 0.295. The third kappa shape index (κ3) is 2.78. The van der Waals surface area contributed by atoms with Crippen LogP contribution in [0.4, 0.5) is 21.6 Å². The predicted octanol–water partition coefficient (Wildman–Crippen LogP) is 3.80. The minimum atomic E-state index is -0.295. The number of aromatic nitrogens is 1. The monoisotopic (exact) mass is 363 g/mol. The number of nitrogens with two attached hydrogens (primary N) is 1. The highest BCUT2D eigenvalue weighted by Gasteiger charge is 2.08. The summed E-state index contributed by atoms with van der Waals surface area (Å²) >= 11 is 7.68. The average Bonchev–Trinajstić information content (AvgIpc) is 2.30. The third-order valence-electron chi connectivity index (χ3n) is 2.10. The van der Waals surface area contributed by atoms with Crippen LogP contribution in [0.15, 0.2) is 30.3 Å². The second kappa shape index (κ2) is 5.05. The van der Waals surface area contributed by atoms with E-state index < -0.39 is 0 Å². The maximum atomic E-state index is 13.3. The van der Waals surface area contributed by atoms with Gasteiger partial charge in [-0.1, -0.05) is 17.7 Å². The number of rotatable bonds is 2. The molecular formula is C11H8ClFIN3. The molecule has 0 unspecified atom stereocenters. The molecule has 1 aromatic carbocycles. The quantitative estimate of drug-likeness (QED) is 0.630. The van der Waals surface area contributed by atoms with Gasteiger partial charge in [0.15, 0.2) is 5.82 Å². The van der Waals surface area contributed by atoms with Crippen molar-refractivity contribution in [3.05, 3.63) is 44.9 Å². The molecule has 6 heteroatoms. The molecule has 2 aromatic rings. The molecule has 0 spiro atoms. The molecule has 0 aliphatic heterocycles. The topological polar surface area (TPSA) is 50.9 Å². The summed E-state index contributed by atoms with van der Waals surface area (Å²) in [4.78, 5) is 4.04. The number of halogens is 3. The number of hydrogen-bond donors (Lipinski definition) is 2. The molecule has 2 rings (SSSR count). The van der Waals surface area contributed by atoms with E-state index in [9.17, 15) is 4.39 Å². The molecule has 3 N–H and O–H groups in total. The van der Waals surface area contributed by atoms with Crippen molar-refractivity contribution in [3.63, 3.8) is 0 Å². The van der Waals surface area contributed by atoms with Crippen LogP contribution in [0, 0.1) is 9.39 Å². The Morgan fingerprint density at radius 3 is 2.82 bits per heavy atom. The Hall–Kier alpha value is -1.08. The number of nitrogen functional groups attached to an aromatic ring is 1. The van der Waals surface area contributed by atoms with Crippen LogP contribution < -0.4 is 11.1 Å². The lowest BCUT2D eigenvalue weighted by Crippen LogP contribution is -2.01. The summed E-state index contributed by atoms with van der Waals surface area (Å²) in [5.41, 5.74) is 6.80. The summed E-state index contributed by atoms with van der Waals surface area (Å²) in [6.45, 7) is 0. The molecule has 0 radical (unpaired) electrons. The van der Waals surface area contributed by atoms with Crippen LogP contribution in [0.1, 0.15) is 0 Å². The molecule has 0 aliphatic rings. The van der Waals surface area contributed by atoms with E-state index in [-0.39, 0.29) is 5.82 Å². The molecule has 0 saturated heterocycles. The van der Waals surface area contributed by atoms with Crippen molar-refractivity contribution >= 4 is 51.4 Å². The first-order valence-corrected chi connectivity index (χ1v) is 6.16. The van der Waals surface area contributed by atoms with Crippen molar-refractivity contribution in [1.29, 1.82) is 0 Å². The van der Waals surface area contributed by atoms with Gasteiger partial charge in [-0.05, 0) is 46.9 Å². The second-order valence-electron chi connectivity index (χ2n) is 3.30. The molecule has 0 saturated carbocycles. The van der Waals surface area contributed by atoms with Crippen molar-refractivity contribution in [2.75, 3.05) is 11.1 Å². The maximum Gasteiger partial charge on any atom is 0.155 e. The van der Waals surface area contributed by atoms with E-state index in [0.717, 1.165) is 0 Å². The van der Waals surface area contributed by atoms with Crippen LogP contribution in [0.2, 0.25) is 5.15 Å². The van der Waals surface area contributed by atoms with E-state index in [1.165, 1.54) is 6.07 Å². The molecule has 17 heavy (non-hydrogen) atoms. The fourth-order valence-electron chi connectivity index (χ4n) is 1.27. The van der Waals surface area contributed by atoms with E-state index in [0.29, 0.717) is 25.9 Å². The highest BCUT2D eigenvalue weighted by molar-refractivity contribution is 14.1. The first-order valence-electron chi connectivity index (χ1n) is 4.71. The first-order chi connectivity index (χ1) is 8.08. The van der Waals surface area contributed by atoms with Crippen LogP contribution in [0.25, 0.3) is 0 Å². The SMILES string of the molecule is Nc1ccc(Cl)nc1Nc1cccc(F)c1I. The molecular weight excluding hydrogens is 355 g/mol. The first kappa shape index (κ1) is 12.4. The van der Waals surface area contributed by atoms with Gasteiger partial charge in [0.2, 0.25) is 0 Å². The van der Waals surface area contributed by atoms with E-state index in [1.807, 2.05) is 22.6 Å². The predicted molar refractivity (Wildman–Crippen MR) is 76.1 cm³/mol. The number of nitrogens with zero attached hydrogens (tertiary/aromatic N) is 1. The summed E-state index contributed by atoms with van der Waals surface area (Å²) in [6.07, 6.45) is 0. The molecule has 0 aliphatic carbocycles. The van der Waals surface area contributed by atoms with E-state index in [2.05, 4.69) is 10.3 Å². The van der Waals surface area contributed by atoms with E-state index in [4.69, 9.17) is 17.3 Å². The lowest BCUT2D eigenvalue weighted by molar-refractivity contribution is 0.621. The number of benzene rings is 1. The van der Waals surface area contributed by atoms with Crippen LogP contribution >= 0.6 is 34.2 Å². The Morgan fingerprint density at radius 2 is 2.06 bits per heavy atom. The lowest BCUT2D eigenvalue weighted by atomic mass is 10.3. The Balaban J connectivity index is 2.38. The van der Waals surface area contributed by atoms with Gasteiger partial charge in [0.25, 0.3) is 0 Å². The van der Waals surface area contributed by atoms with Gasteiger partial charge in [-0.25, -0.2) is 9.37 Å². The van der Waals surface area contributed by atoms with Crippen molar-refractivity contribution in [2.45, 2.75) is 0 Å². The van der Waals surface area contributed by atoms with Crippen molar-refractivity contribution in [2.24, 2.45) is 0 Å². The lowest BCUT2D eigenvalue weighted by Gasteiger charge is -2.10. The van der Waals surface area contributed by atoms with Gasteiger partial charge < -0.3 is 11.1 Å². The Bertz CT molecular complexity index is 562. The molecule has 0 fully saturated rings. The van der Waals surface area contributed by atoms with Gasteiger partial charge in [0, 0.05) is 0 Å². The van der Waals surface area contributed by atoms with Crippen LogP contribution in [-0.4, -0.2) is 4.98 Å². The molecule has 88 valence electrons. The zero-order chi connectivity index (χ0) is 12.4. The fourth-order valence-corrected chi connectivity index (χ4v) is 1.92. The highest BCUT2D eigenvalue weighted by Crippen LogP contribution is 2.27. The summed E-state index contributed by atoms with van der Waals surface area (Å²) in [7, 11) is 0. The average molecular weight is 364 g/mol. The van der Waals surface area contributed by atoms with Gasteiger partial charge in [-0.3, -0.25) is 0 Å². The van der Waals surface area contributed by atoms with Crippen LogP contribution in [0.3, 0.4) is 0 Å². The van der Waals surface area contributed by atoms with Gasteiger partial charge >= 0.3 is 0 Å². The fraction of sp³-hybridized carbons (Fsp3) is 0. The van der Waals surface area contributed by atoms with Crippen LogP contribution in [0.5, 0.6) is 0 Å². The Kier molecular flexibility index (Phi) is 3.68. The standard InChI is InChI=1S/C11H8ClFIN3/c12-9-5-4-7(15)11(17-9)16-8-3-1-2-6(13)10(8)14/h1-5H,15H2,(H,16,17). The number of hydrogen-bond acceptors (Lipinski definition) is 3. The molecule has 1 aromatic heterocycles. The van der Waals surface area contributed by atoms with Gasteiger partial charge in [0.1, 0.15) is 11.0 Å². The summed E-state index contributed by atoms with van der Waals surface area (Å²) in [5, 5.41) is 3.28. The number of nitrogens with one attached hydrogen (secondary N) is 1. The number of pyridine rings is 1. The van der Waals surface area contributed by atoms with Crippen LogP contribution in [-0.2, 0) is 0 Å². The van der Waals surface area contributed by atoms with Crippen molar-refractivity contribution in [3.8, 4) is 0 Å². The Morgan fingerprint density at radius 1 is 1.29 bits per heavy atom. The molecule has 0 amide bonds. The molecule has 0 bridgehead atoms. The van der Waals surface area contributed by atoms with Gasteiger partial charge in [-0.2, -0.15) is 0 Å². The minimum Gasteiger partial charge on any atom is -0.396 e. The van der Waals surface area contributed by atoms with Gasteiger partial charge in [0.05, 0.1) is 14.9 Å². The number of anilines is 3. The van der Waals surface area contributed by atoms with Gasteiger partial charge in [-0.15, -0.1) is 0 Å². The van der Waals surface area contributed by atoms with E-state index >= 15 is 0 Å². The molecule has 0 atom stereocenters. The van der Waals surface area contributed by atoms with E-state index in [1.54, 1.807) is 24.3 Å². The zero-order valence-corrected chi connectivity index (χ0v) is 11.5. The summed E-state index contributed by atoms with van der Waals surface area (Å²) in [6, 6.07) is 7.98. The zero-order valence-electron chi connectivity index (χ0n) is 8.55. The van der Waals surface area contributed by atoms with Crippen molar-refractivity contribution in [1.82, 2.24) is 4.98 Å². The third-order valence-corrected chi connectivity index (χ3v) is 3.40. The largest absolute Gasteiger partial charge is 0.396 e. The normalized spacial score (nSPS) is 10.3. The second-order valence-corrected chi connectivity index (χ2v) is 4.76. The smallest absolute Gasteiger partial charge is 0.155 e. The highest BCUT2D eigenvalue weighted by atomic mass is 127. The molecule has 1 heterocycles. The summed E-state index contributed by atoms with van der Waals surface area (Å²) < 4.78 is 13.8. The summed E-state index contributed by atoms with van der Waals surface area (Å²) in [5.74, 6) is 0.122.